The molecule has 0 aliphatic carbocycles. The van der Waals surface area contributed by atoms with Gasteiger partial charge in [-0.05, 0) is 6.54 Å². The van der Waals surface area contributed by atoms with E-state index in [1.165, 1.54) is 11.3 Å². The maximum absolute atomic E-state index is 10.6. The standard InChI is InChI=1S/C9H13N3O2S/c1-2-12-3-6(4-12)10-9-11-7(5-15-9)8(13)14/h5-6H,2-4H2,1H3,(H,10,11)(H,13,14). The number of hydrogen-bond donors (Lipinski definition) is 2. The summed E-state index contributed by atoms with van der Waals surface area (Å²) in [5, 5.41) is 14.2. The van der Waals surface area contributed by atoms with Gasteiger partial charge in [0.2, 0.25) is 0 Å². The summed E-state index contributed by atoms with van der Waals surface area (Å²) in [6.07, 6.45) is 0. The predicted octanol–water partition coefficient (Wildman–Crippen LogP) is 0.957. The summed E-state index contributed by atoms with van der Waals surface area (Å²) in [5.74, 6) is -0.969. The highest BCUT2D eigenvalue weighted by molar-refractivity contribution is 7.13. The van der Waals surface area contributed by atoms with Crippen molar-refractivity contribution < 1.29 is 9.90 Å². The summed E-state index contributed by atoms with van der Waals surface area (Å²) < 4.78 is 0. The molecule has 0 spiro atoms. The average molecular weight is 227 g/mol. The van der Waals surface area contributed by atoms with Gasteiger partial charge in [0.25, 0.3) is 0 Å². The van der Waals surface area contributed by atoms with Gasteiger partial charge in [-0.3, -0.25) is 4.90 Å². The number of carboxylic acids is 1. The van der Waals surface area contributed by atoms with E-state index in [0.29, 0.717) is 11.2 Å². The number of nitrogens with one attached hydrogen (secondary N) is 1. The fourth-order valence-electron chi connectivity index (χ4n) is 1.53. The van der Waals surface area contributed by atoms with E-state index in [0.717, 1.165) is 19.6 Å². The Morgan fingerprint density at radius 1 is 1.80 bits per heavy atom. The second kappa shape index (κ2) is 4.16. The van der Waals surface area contributed by atoms with Crippen LogP contribution in [0.1, 0.15) is 17.4 Å². The Morgan fingerprint density at radius 3 is 3.07 bits per heavy atom. The molecule has 82 valence electrons. The maximum Gasteiger partial charge on any atom is 0.355 e. The summed E-state index contributed by atoms with van der Waals surface area (Å²) in [5.41, 5.74) is 0.120. The van der Waals surface area contributed by atoms with E-state index < -0.39 is 5.97 Å². The molecule has 2 heterocycles. The molecule has 0 saturated carbocycles. The Bertz CT molecular complexity index is 360. The van der Waals surface area contributed by atoms with Crippen molar-refractivity contribution in [3.05, 3.63) is 11.1 Å². The van der Waals surface area contributed by atoms with Crippen LogP contribution in [-0.2, 0) is 0 Å². The van der Waals surface area contributed by atoms with Crippen molar-refractivity contribution in [1.82, 2.24) is 9.88 Å². The molecule has 0 radical (unpaired) electrons. The van der Waals surface area contributed by atoms with Crippen LogP contribution in [0.4, 0.5) is 5.13 Å². The Balaban J connectivity index is 1.87. The van der Waals surface area contributed by atoms with Crippen molar-refractivity contribution in [3.63, 3.8) is 0 Å². The molecule has 2 rings (SSSR count). The summed E-state index contributed by atoms with van der Waals surface area (Å²) >= 11 is 1.34. The molecule has 1 fully saturated rings. The Morgan fingerprint density at radius 2 is 2.53 bits per heavy atom. The SMILES string of the molecule is CCN1CC(Nc2nc(C(=O)O)cs2)C1. The van der Waals surface area contributed by atoms with Crippen LogP contribution >= 0.6 is 11.3 Å². The predicted molar refractivity (Wildman–Crippen MR) is 58.6 cm³/mol. The highest BCUT2D eigenvalue weighted by Gasteiger charge is 2.25. The number of aromatic nitrogens is 1. The second-order valence-electron chi connectivity index (χ2n) is 3.54. The van der Waals surface area contributed by atoms with Crippen LogP contribution in [0.25, 0.3) is 0 Å². The molecule has 1 aromatic heterocycles. The van der Waals surface area contributed by atoms with E-state index >= 15 is 0 Å². The lowest BCUT2D eigenvalue weighted by Crippen LogP contribution is -2.54. The molecule has 0 aromatic carbocycles. The highest BCUT2D eigenvalue weighted by atomic mass is 32.1. The minimum atomic E-state index is -0.969. The first kappa shape index (κ1) is 10.4. The van der Waals surface area contributed by atoms with Crippen molar-refractivity contribution in [2.75, 3.05) is 25.0 Å². The van der Waals surface area contributed by atoms with Gasteiger partial charge in [0.1, 0.15) is 0 Å². The molecule has 0 unspecified atom stereocenters. The van der Waals surface area contributed by atoms with Gasteiger partial charge in [0.05, 0.1) is 6.04 Å². The number of likely N-dealkylation sites (tertiary alicyclic amines) is 1. The van der Waals surface area contributed by atoms with Crippen LogP contribution in [0, 0.1) is 0 Å². The van der Waals surface area contributed by atoms with Gasteiger partial charge in [-0.15, -0.1) is 11.3 Å². The third kappa shape index (κ3) is 2.27. The van der Waals surface area contributed by atoms with Crippen LogP contribution in [0.15, 0.2) is 5.38 Å². The molecule has 5 nitrogen and oxygen atoms in total. The van der Waals surface area contributed by atoms with Gasteiger partial charge in [-0.25, -0.2) is 9.78 Å². The lowest BCUT2D eigenvalue weighted by Gasteiger charge is -2.38. The first-order valence-electron chi connectivity index (χ1n) is 4.86. The normalized spacial score (nSPS) is 17.4. The Hall–Kier alpha value is -1.14. The number of rotatable bonds is 4. The Kier molecular flexibility index (Phi) is 2.88. The van der Waals surface area contributed by atoms with E-state index in [1.54, 1.807) is 5.38 Å². The van der Waals surface area contributed by atoms with Crippen molar-refractivity contribution in [1.29, 1.82) is 0 Å². The molecule has 15 heavy (non-hydrogen) atoms. The molecule has 6 heteroatoms. The Labute approximate surface area is 91.7 Å². The highest BCUT2D eigenvalue weighted by Crippen LogP contribution is 2.19. The monoisotopic (exact) mass is 227 g/mol. The molecule has 0 atom stereocenters. The zero-order valence-electron chi connectivity index (χ0n) is 8.43. The fraction of sp³-hybridized carbons (Fsp3) is 0.556. The average Bonchev–Trinajstić information content (AvgIpc) is 2.58. The molecule has 1 aromatic rings. The molecule has 0 bridgehead atoms. The first-order chi connectivity index (χ1) is 7.19. The lowest BCUT2D eigenvalue weighted by atomic mass is 10.1. The molecule has 1 aliphatic heterocycles. The van der Waals surface area contributed by atoms with Crippen molar-refractivity contribution in [2.45, 2.75) is 13.0 Å². The van der Waals surface area contributed by atoms with E-state index in [1.807, 2.05) is 0 Å². The number of hydrogen-bond acceptors (Lipinski definition) is 5. The van der Waals surface area contributed by atoms with Crippen molar-refractivity contribution in [3.8, 4) is 0 Å². The summed E-state index contributed by atoms with van der Waals surface area (Å²) in [4.78, 5) is 16.9. The number of likely N-dealkylation sites (N-methyl/N-ethyl adjacent to an activating group) is 1. The van der Waals surface area contributed by atoms with E-state index in [4.69, 9.17) is 5.11 Å². The number of aromatic carboxylic acids is 1. The zero-order chi connectivity index (χ0) is 10.8. The maximum atomic E-state index is 10.6. The minimum Gasteiger partial charge on any atom is -0.476 e. The first-order valence-corrected chi connectivity index (χ1v) is 5.74. The van der Waals surface area contributed by atoms with Crippen molar-refractivity contribution in [2.24, 2.45) is 0 Å². The molecular weight excluding hydrogens is 214 g/mol. The van der Waals surface area contributed by atoms with Crippen LogP contribution in [-0.4, -0.2) is 46.6 Å². The third-order valence-corrected chi connectivity index (χ3v) is 3.23. The number of carboxylic acid groups (broad SMARTS) is 1. The van der Waals surface area contributed by atoms with Gasteiger partial charge in [-0.1, -0.05) is 6.92 Å². The molecule has 1 aliphatic rings. The number of anilines is 1. The minimum absolute atomic E-state index is 0.120. The van der Waals surface area contributed by atoms with E-state index in [9.17, 15) is 4.79 Å². The van der Waals surface area contributed by atoms with Gasteiger partial charge in [0, 0.05) is 18.5 Å². The van der Waals surface area contributed by atoms with Crippen LogP contribution < -0.4 is 5.32 Å². The van der Waals surface area contributed by atoms with Crippen LogP contribution in [0.3, 0.4) is 0 Å². The van der Waals surface area contributed by atoms with Gasteiger partial charge in [-0.2, -0.15) is 0 Å². The summed E-state index contributed by atoms with van der Waals surface area (Å²) in [6.45, 7) is 5.22. The molecule has 2 N–H and O–H groups in total. The van der Waals surface area contributed by atoms with Crippen LogP contribution in [0.5, 0.6) is 0 Å². The molecule has 0 amide bonds. The smallest absolute Gasteiger partial charge is 0.355 e. The quantitative estimate of drug-likeness (QED) is 0.802. The zero-order valence-corrected chi connectivity index (χ0v) is 9.25. The largest absolute Gasteiger partial charge is 0.476 e. The van der Waals surface area contributed by atoms with Gasteiger partial charge in [0.15, 0.2) is 10.8 Å². The fourth-order valence-corrected chi connectivity index (χ4v) is 2.29. The van der Waals surface area contributed by atoms with Crippen molar-refractivity contribution >= 4 is 22.4 Å². The van der Waals surface area contributed by atoms with Crippen LogP contribution in [0.2, 0.25) is 0 Å². The lowest BCUT2D eigenvalue weighted by molar-refractivity contribution is 0.0691. The molecular formula is C9H13N3O2S. The van der Waals surface area contributed by atoms with Gasteiger partial charge >= 0.3 is 5.97 Å². The van der Waals surface area contributed by atoms with Gasteiger partial charge < -0.3 is 10.4 Å². The second-order valence-corrected chi connectivity index (χ2v) is 4.39. The topological polar surface area (TPSA) is 65.5 Å². The number of carbonyl (C=O) groups is 1. The summed E-state index contributed by atoms with van der Waals surface area (Å²) in [6, 6.07) is 0.415. The van der Waals surface area contributed by atoms with E-state index in [2.05, 4.69) is 22.1 Å². The van der Waals surface area contributed by atoms with E-state index in [-0.39, 0.29) is 5.69 Å². The molecule has 1 saturated heterocycles. The third-order valence-electron chi connectivity index (χ3n) is 2.46. The number of nitrogens with zero attached hydrogens (tertiary/aromatic N) is 2. The summed E-state index contributed by atoms with van der Waals surface area (Å²) in [7, 11) is 0. The number of thiazole rings is 1.